The molecule has 0 aliphatic carbocycles. The zero-order valence-electron chi connectivity index (χ0n) is 8.38. The van der Waals surface area contributed by atoms with Crippen molar-refractivity contribution in [3.63, 3.8) is 0 Å². The second kappa shape index (κ2) is 5.33. The van der Waals surface area contributed by atoms with Crippen LogP contribution in [0.25, 0.3) is 0 Å². The molecule has 1 saturated heterocycles. The van der Waals surface area contributed by atoms with Crippen molar-refractivity contribution in [1.29, 1.82) is 0 Å². The van der Waals surface area contributed by atoms with Gasteiger partial charge in [-0.05, 0) is 12.1 Å². The van der Waals surface area contributed by atoms with Gasteiger partial charge in [-0.3, -0.25) is 0 Å². The van der Waals surface area contributed by atoms with E-state index in [0.717, 1.165) is 23.7 Å². The summed E-state index contributed by atoms with van der Waals surface area (Å²) in [6.07, 6.45) is 0. The van der Waals surface area contributed by atoms with Crippen molar-refractivity contribution in [1.82, 2.24) is 0 Å². The number of hydrogen-bond acceptors (Lipinski definition) is 2. The second-order valence-electron chi connectivity index (χ2n) is 3.47. The third-order valence-electron chi connectivity index (χ3n) is 2.58. The molecule has 0 aromatic heterocycles. The van der Waals surface area contributed by atoms with Gasteiger partial charge in [0, 0.05) is 40.9 Å². The van der Waals surface area contributed by atoms with Gasteiger partial charge in [-0.1, -0.05) is 17.7 Å². The van der Waals surface area contributed by atoms with Gasteiger partial charge in [-0.2, -0.15) is 11.8 Å². The minimum atomic E-state index is 0.485. The highest BCUT2D eigenvalue weighted by Gasteiger charge is 2.15. The molecule has 1 aromatic rings. The van der Waals surface area contributed by atoms with E-state index in [-0.39, 0.29) is 0 Å². The molecule has 0 unspecified atom stereocenters. The minimum Gasteiger partial charge on any atom is -0.370 e. The van der Waals surface area contributed by atoms with Crippen LogP contribution in [0, 0.1) is 0 Å². The molecule has 2 rings (SSSR count). The Morgan fingerprint density at radius 3 is 2.67 bits per heavy atom. The first kappa shape index (κ1) is 11.4. The molecule has 0 saturated carbocycles. The van der Waals surface area contributed by atoms with Gasteiger partial charge in [0.1, 0.15) is 0 Å². The molecule has 0 N–H and O–H groups in total. The van der Waals surface area contributed by atoms with Gasteiger partial charge in [0.25, 0.3) is 0 Å². The van der Waals surface area contributed by atoms with Crippen molar-refractivity contribution in [3.8, 4) is 0 Å². The van der Waals surface area contributed by atoms with E-state index in [1.54, 1.807) is 0 Å². The zero-order valence-corrected chi connectivity index (χ0v) is 10.7. The van der Waals surface area contributed by atoms with E-state index in [1.807, 2.05) is 23.9 Å². The van der Waals surface area contributed by atoms with E-state index in [9.17, 15) is 0 Å². The SMILES string of the molecule is ClCc1c(Cl)cccc1N1CCSCC1. The average Bonchev–Trinajstić information content (AvgIpc) is 2.30. The maximum atomic E-state index is 6.13. The van der Waals surface area contributed by atoms with Crippen LogP contribution in [-0.4, -0.2) is 24.6 Å². The van der Waals surface area contributed by atoms with Gasteiger partial charge in [0.15, 0.2) is 0 Å². The molecule has 1 aromatic carbocycles. The van der Waals surface area contributed by atoms with E-state index < -0.39 is 0 Å². The van der Waals surface area contributed by atoms with Crippen LogP contribution >= 0.6 is 35.0 Å². The van der Waals surface area contributed by atoms with E-state index in [1.165, 1.54) is 17.2 Å². The molecule has 0 atom stereocenters. The van der Waals surface area contributed by atoms with Crippen LogP contribution in [0.3, 0.4) is 0 Å². The predicted octanol–water partition coefficient (Wildman–Crippen LogP) is 3.63. The summed E-state index contributed by atoms with van der Waals surface area (Å²) in [6.45, 7) is 2.18. The summed E-state index contributed by atoms with van der Waals surface area (Å²) in [5, 5.41) is 0.778. The topological polar surface area (TPSA) is 3.24 Å². The first-order valence-electron chi connectivity index (χ1n) is 4.99. The molecule has 15 heavy (non-hydrogen) atoms. The monoisotopic (exact) mass is 261 g/mol. The predicted molar refractivity (Wildman–Crippen MR) is 70.5 cm³/mol. The lowest BCUT2D eigenvalue weighted by Gasteiger charge is -2.30. The molecule has 0 amide bonds. The van der Waals surface area contributed by atoms with E-state index in [4.69, 9.17) is 23.2 Å². The van der Waals surface area contributed by atoms with Crippen LogP contribution in [0.2, 0.25) is 5.02 Å². The number of rotatable bonds is 2. The van der Waals surface area contributed by atoms with Crippen molar-refractivity contribution >= 4 is 40.7 Å². The summed E-state index contributed by atoms with van der Waals surface area (Å²) in [7, 11) is 0. The number of alkyl halides is 1. The average molecular weight is 262 g/mol. The third kappa shape index (κ3) is 2.55. The lowest BCUT2D eigenvalue weighted by atomic mass is 10.1. The van der Waals surface area contributed by atoms with Gasteiger partial charge in [-0.25, -0.2) is 0 Å². The normalized spacial score (nSPS) is 16.8. The highest BCUT2D eigenvalue weighted by Crippen LogP contribution is 2.30. The van der Waals surface area contributed by atoms with Crippen molar-refractivity contribution in [2.45, 2.75) is 5.88 Å². The summed E-state index contributed by atoms with van der Waals surface area (Å²) < 4.78 is 0. The van der Waals surface area contributed by atoms with Crippen molar-refractivity contribution in [3.05, 3.63) is 28.8 Å². The summed E-state index contributed by atoms with van der Waals surface area (Å²) in [6, 6.07) is 6.01. The maximum absolute atomic E-state index is 6.13. The van der Waals surface area contributed by atoms with Crippen molar-refractivity contribution < 1.29 is 0 Å². The number of halogens is 2. The molecule has 1 heterocycles. The number of nitrogens with zero attached hydrogens (tertiary/aromatic N) is 1. The van der Waals surface area contributed by atoms with E-state index in [2.05, 4.69) is 11.0 Å². The van der Waals surface area contributed by atoms with Crippen LogP contribution in [0.5, 0.6) is 0 Å². The molecule has 0 radical (unpaired) electrons. The number of hydrogen-bond donors (Lipinski definition) is 0. The first-order chi connectivity index (χ1) is 7.33. The number of thioether (sulfide) groups is 1. The van der Waals surface area contributed by atoms with Gasteiger partial charge < -0.3 is 4.90 Å². The fourth-order valence-electron chi connectivity index (χ4n) is 1.78. The molecule has 82 valence electrons. The Labute approximate surface area is 105 Å². The van der Waals surface area contributed by atoms with Crippen molar-refractivity contribution in [2.75, 3.05) is 29.5 Å². The highest BCUT2D eigenvalue weighted by molar-refractivity contribution is 7.99. The molecule has 0 bridgehead atoms. The molecule has 1 aliphatic heterocycles. The lowest BCUT2D eigenvalue weighted by molar-refractivity contribution is 0.853. The largest absolute Gasteiger partial charge is 0.370 e. The highest BCUT2D eigenvalue weighted by atomic mass is 35.5. The Balaban J connectivity index is 2.29. The molecule has 4 heteroatoms. The molecule has 1 fully saturated rings. The lowest BCUT2D eigenvalue weighted by Crippen LogP contribution is -2.33. The second-order valence-corrected chi connectivity index (χ2v) is 5.37. The van der Waals surface area contributed by atoms with E-state index >= 15 is 0 Å². The van der Waals surface area contributed by atoms with Crippen molar-refractivity contribution in [2.24, 2.45) is 0 Å². The maximum Gasteiger partial charge on any atom is 0.0509 e. The standard InChI is InChI=1S/C11H13Cl2NS/c12-8-9-10(13)2-1-3-11(9)14-4-6-15-7-5-14/h1-3H,4-8H2. The summed E-state index contributed by atoms with van der Waals surface area (Å²) in [5.41, 5.74) is 2.27. The fraction of sp³-hybridized carbons (Fsp3) is 0.455. The summed E-state index contributed by atoms with van der Waals surface area (Å²) in [5.74, 6) is 2.86. The first-order valence-corrected chi connectivity index (χ1v) is 7.05. The van der Waals surface area contributed by atoms with Crippen LogP contribution in [-0.2, 0) is 5.88 Å². The van der Waals surface area contributed by atoms with E-state index in [0.29, 0.717) is 5.88 Å². The molecular weight excluding hydrogens is 249 g/mol. The Morgan fingerprint density at radius 1 is 1.27 bits per heavy atom. The molecule has 1 aliphatic rings. The quantitative estimate of drug-likeness (QED) is 0.749. The summed E-state index contributed by atoms with van der Waals surface area (Å²) >= 11 is 14.1. The van der Waals surface area contributed by atoms with Crippen LogP contribution < -0.4 is 4.90 Å². The zero-order chi connectivity index (χ0) is 10.7. The Bertz CT molecular complexity index is 337. The smallest absolute Gasteiger partial charge is 0.0509 e. The molecule has 0 spiro atoms. The minimum absolute atomic E-state index is 0.485. The Kier molecular flexibility index (Phi) is 4.06. The van der Waals surface area contributed by atoms with Crippen LogP contribution in [0.4, 0.5) is 5.69 Å². The third-order valence-corrected chi connectivity index (χ3v) is 4.14. The summed E-state index contributed by atoms with van der Waals surface area (Å²) in [4.78, 5) is 2.38. The number of anilines is 1. The van der Waals surface area contributed by atoms with Crippen LogP contribution in [0.1, 0.15) is 5.56 Å². The van der Waals surface area contributed by atoms with Gasteiger partial charge in [0.2, 0.25) is 0 Å². The fourth-order valence-corrected chi connectivity index (χ4v) is 3.27. The van der Waals surface area contributed by atoms with Gasteiger partial charge in [-0.15, -0.1) is 11.6 Å². The number of benzene rings is 1. The van der Waals surface area contributed by atoms with Crippen LogP contribution in [0.15, 0.2) is 18.2 Å². The van der Waals surface area contributed by atoms with Gasteiger partial charge >= 0.3 is 0 Å². The Morgan fingerprint density at radius 2 is 2.00 bits per heavy atom. The molecular formula is C11H13Cl2NS. The molecule has 1 nitrogen and oxygen atoms in total. The van der Waals surface area contributed by atoms with Gasteiger partial charge in [0.05, 0.1) is 5.88 Å². The Hall–Kier alpha value is -0.0500.